The van der Waals surface area contributed by atoms with E-state index in [0.29, 0.717) is 43.6 Å². The van der Waals surface area contributed by atoms with Crippen LogP contribution in [0.15, 0.2) is 84.9 Å². The van der Waals surface area contributed by atoms with Crippen molar-refractivity contribution in [2.45, 2.75) is 6.10 Å². The lowest BCUT2D eigenvalue weighted by Gasteiger charge is -2.36. The van der Waals surface area contributed by atoms with Gasteiger partial charge in [0.05, 0.1) is 31.1 Å². The van der Waals surface area contributed by atoms with Crippen LogP contribution >= 0.6 is 0 Å². The Bertz CT molecular complexity index is 1360. The molecule has 2 aliphatic heterocycles. The van der Waals surface area contributed by atoms with Crippen molar-refractivity contribution in [2.75, 3.05) is 37.7 Å². The number of ether oxygens (including phenoxy) is 2. The van der Waals surface area contributed by atoms with Crippen LogP contribution in [0.2, 0.25) is 0 Å². The number of hydrogen-bond donors (Lipinski definition) is 0. The summed E-state index contributed by atoms with van der Waals surface area (Å²) in [6, 6.07) is 26.4. The van der Waals surface area contributed by atoms with E-state index in [1.165, 1.54) is 0 Å². The van der Waals surface area contributed by atoms with Crippen LogP contribution in [0.25, 0.3) is 17.1 Å². The summed E-state index contributed by atoms with van der Waals surface area (Å²) < 4.78 is 13.1. The highest BCUT2D eigenvalue weighted by Crippen LogP contribution is 2.34. The van der Waals surface area contributed by atoms with E-state index >= 15 is 0 Å². The van der Waals surface area contributed by atoms with Gasteiger partial charge in [-0.2, -0.15) is 0 Å². The predicted molar refractivity (Wildman–Crippen MR) is 137 cm³/mol. The summed E-state index contributed by atoms with van der Waals surface area (Å²) in [5.41, 5.74) is 2.20. The molecule has 3 heterocycles. The first-order valence-electron chi connectivity index (χ1n) is 12.2. The Labute approximate surface area is 213 Å². The first kappa shape index (κ1) is 22.9. The number of morpholine rings is 1. The van der Waals surface area contributed by atoms with E-state index in [2.05, 4.69) is 10.1 Å². The summed E-state index contributed by atoms with van der Waals surface area (Å²) in [4.78, 5) is 35.1. The van der Waals surface area contributed by atoms with E-state index in [9.17, 15) is 9.59 Å². The second-order valence-corrected chi connectivity index (χ2v) is 8.80. The van der Waals surface area contributed by atoms with Crippen molar-refractivity contribution in [2.24, 2.45) is 0 Å². The van der Waals surface area contributed by atoms with Crippen LogP contribution in [-0.2, 0) is 9.53 Å². The molecule has 0 unspecified atom stereocenters. The van der Waals surface area contributed by atoms with Crippen LogP contribution in [0.4, 0.5) is 5.69 Å². The van der Waals surface area contributed by atoms with E-state index < -0.39 is 12.0 Å². The number of carbonyl (C=O) groups excluding carboxylic acids is 2. The fraction of sp³-hybridized carbons (Fsp3) is 0.214. The molecule has 0 saturated carbocycles. The third-order valence-corrected chi connectivity index (χ3v) is 6.45. The van der Waals surface area contributed by atoms with Crippen LogP contribution in [0.3, 0.4) is 0 Å². The molecule has 4 aromatic rings. The lowest BCUT2D eigenvalue weighted by atomic mass is 10.1. The average molecular weight is 496 g/mol. The highest BCUT2D eigenvalue weighted by Gasteiger charge is 2.38. The summed E-state index contributed by atoms with van der Waals surface area (Å²) in [5.74, 6) is 0.500. The maximum Gasteiger partial charge on any atom is 0.298 e. The van der Waals surface area contributed by atoms with Gasteiger partial charge in [-0.15, -0.1) is 5.10 Å². The number of amides is 2. The van der Waals surface area contributed by atoms with Gasteiger partial charge in [-0.25, -0.2) is 9.67 Å². The van der Waals surface area contributed by atoms with E-state index in [1.807, 2.05) is 72.8 Å². The van der Waals surface area contributed by atoms with Crippen molar-refractivity contribution in [3.8, 4) is 22.8 Å². The van der Waals surface area contributed by atoms with Gasteiger partial charge in [0, 0.05) is 18.7 Å². The van der Waals surface area contributed by atoms with Gasteiger partial charge in [0.2, 0.25) is 5.82 Å². The number of anilines is 1. The van der Waals surface area contributed by atoms with Crippen molar-refractivity contribution in [1.82, 2.24) is 19.7 Å². The summed E-state index contributed by atoms with van der Waals surface area (Å²) in [7, 11) is 0. The standard InChI is InChI=1S/C28H25N5O4/c34-27(31-15-17-36-18-16-31)24-19-32(22-13-7-8-14-23(22)37-24)28(35)25-29-26(20-9-3-1-4-10-20)33(30-25)21-11-5-2-6-12-21/h1-14,24H,15-19H2/t24-/m1/s1. The van der Waals surface area contributed by atoms with Gasteiger partial charge < -0.3 is 14.4 Å². The third kappa shape index (κ3) is 4.45. The molecule has 0 aliphatic carbocycles. The van der Waals surface area contributed by atoms with Crippen molar-refractivity contribution < 1.29 is 19.1 Å². The lowest BCUT2D eigenvalue weighted by Crippen LogP contribution is -2.54. The smallest absolute Gasteiger partial charge is 0.298 e. The molecule has 186 valence electrons. The number of nitrogens with zero attached hydrogens (tertiary/aromatic N) is 5. The summed E-state index contributed by atoms with van der Waals surface area (Å²) in [5, 5.41) is 4.63. The number of benzene rings is 3. The molecule has 37 heavy (non-hydrogen) atoms. The van der Waals surface area contributed by atoms with Crippen LogP contribution in [0.5, 0.6) is 5.75 Å². The fourth-order valence-corrected chi connectivity index (χ4v) is 4.59. The highest BCUT2D eigenvalue weighted by molar-refractivity contribution is 6.06. The first-order valence-corrected chi connectivity index (χ1v) is 12.2. The van der Waals surface area contributed by atoms with Crippen LogP contribution in [-0.4, -0.2) is 70.4 Å². The average Bonchev–Trinajstić information content (AvgIpc) is 3.43. The number of hydrogen-bond acceptors (Lipinski definition) is 6. The van der Waals surface area contributed by atoms with Gasteiger partial charge in [0.15, 0.2) is 11.9 Å². The normalized spacial score (nSPS) is 17.1. The number of carbonyl (C=O) groups is 2. The van der Waals surface area contributed by atoms with E-state index in [0.717, 1.165) is 11.3 Å². The number of para-hydroxylation sites is 3. The van der Waals surface area contributed by atoms with Gasteiger partial charge in [-0.3, -0.25) is 14.5 Å². The number of aromatic nitrogens is 3. The molecule has 1 saturated heterocycles. The Hall–Kier alpha value is -4.50. The second-order valence-electron chi connectivity index (χ2n) is 8.80. The van der Waals surface area contributed by atoms with Crippen LogP contribution in [0.1, 0.15) is 10.6 Å². The molecule has 0 spiro atoms. The van der Waals surface area contributed by atoms with E-state index in [4.69, 9.17) is 9.47 Å². The number of rotatable bonds is 4. The lowest BCUT2D eigenvalue weighted by molar-refractivity contribution is -0.142. The highest BCUT2D eigenvalue weighted by atomic mass is 16.5. The topological polar surface area (TPSA) is 89.8 Å². The summed E-state index contributed by atoms with van der Waals surface area (Å²) >= 11 is 0. The molecule has 1 atom stereocenters. The monoisotopic (exact) mass is 495 g/mol. The molecule has 2 aliphatic rings. The Morgan fingerprint density at radius 1 is 0.838 bits per heavy atom. The van der Waals surface area contributed by atoms with Crippen molar-refractivity contribution in [3.63, 3.8) is 0 Å². The van der Waals surface area contributed by atoms with Crippen molar-refractivity contribution in [3.05, 3.63) is 90.8 Å². The quantitative estimate of drug-likeness (QED) is 0.432. The first-order chi connectivity index (χ1) is 18.2. The molecule has 2 amide bonds. The Morgan fingerprint density at radius 3 is 2.27 bits per heavy atom. The third-order valence-electron chi connectivity index (χ3n) is 6.45. The SMILES string of the molecule is O=C([C@H]1CN(C(=O)c2nc(-c3ccccc3)n(-c3ccccc3)n2)c2ccccc2O1)N1CCOCC1. The number of fused-ring (bicyclic) bond motifs is 1. The molecule has 0 radical (unpaired) electrons. The van der Waals surface area contributed by atoms with E-state index in [-0.39, 0.29) is 18.3 Å². The zero-order chi connectivity index (χ0) is 25.2. The van der Waals surface area contributed by atoms with Crippen LogP contribution in [0, 0.1) is 0 Å². The predicted octanol–water partition coefficient (Wildman–Crippen LogP) is 3.20. The minimum absolute atomic E-state index is 0.0389. The zero-order valence-electron chi connectivity index (χ0n) is 20.1. The van der Waals surface area contributed by atoms with E-state index in [1.54, 1.807) is 26.6 Å². The molecule has 0 bridgehead atoms. The molecule has 9 heteroatoms. The zero-order valence-corrected chi connectivity index (χ0v) is 20.1. The molecule has 1 fully saturated rings. The molecule has 9 nitrogen and oxygen atoms in total. The molecule has 1 aromatic heterocycles. The fourth-order valence-electron chi connectivity index (χ4n) is 4.59. The second kappa shape index (κ2) is 9.87. The molecular weight excluding hydrogens is 470 g/mol. The molecule has 0 N–H and O–H groups in total. The van der Waals surface area contributed by atoms with Gasteiger partial charge in [-0.05, 0) is 24.3 Å². The van der Waals surface area contributed by atoms with Gasteiger partial charge in [0.25, 0.3) is 11.8 Å². The largest absolute Gasteiger partial charge is 0.476 e. The van der Waals surface area contributed by atoms with Crippen LogP contribution < -0.4 is 9.64 Å². The summed E-state index contributed by atoms with van der Waals surface area (Å²) in [6.45, 7) is 2.03. The molecule has 6 rings (SSSR count). The Balaban J connectivity index is 1.37. The van der Waals surface area contributed by atoms with Gasteiger partial charge >= 0.3 is 0 Å². The molecular formula is C28H25N5O4. The Morgan fingerprint density at radius 2 is 1.51 bits per heavy atom. The summed E-state index contributed by atoms with van der Waals surface area (Å²) in [6.07, 6.45) is -0.832. The minimum atomic E-state index is -0.832. The maximum atomic E-state index is 13.9. The molecule has 3 aromatic carbocycles. The Kier molecular flexibility index (Phi) is 6.11. The minimum Gasteiger partial charge on any atom is -0.476 e. The maximum absolute atomic E-state index is 13.9. The van der Waals surface area contributed by atoms with Crippen molar-refractivity contribution in [1.29, 1.82) is 0 Å². The van der Waals surface area contributed by atoms with Crippen molar-refractivity contribution >= 4 is 17.5 Å². The van der Waals surface area contributed by atoms with Gasteiger partial charge in [-0.1, -0.05) is 60.7 Å². The van der Waals surface area contributed by atoms with Gasteiger partial charge in [0.1, 0.15) is 5.75 Å².